The number of halogens is 2. The number of hydrogen-bond donors (Lipinski definition) is 4. The molecule has 0 bridgehead atoms. The third kappa shape index (κ3) is 6.32. The number of allylic oxidation sites excluding steroid dienone is 3. The van der Waals surface area contributed by atoms with Gasteiger partial charge in [-0.15, -0.1) is 0 Å². The van der Waals surface area contributed by atoms with E-state index in [4.69, 9.17) is 49.9 Å². The van der Waals surface area contributed by atoms with Gasteiger partial charge in [0.25, 0.3) is 0 Å². The van der Waals surface area contributed by atoms with Crippen LogP contribution in [0.5, 0.6) is 5.75 Å². The summed E-state index contributed by atoms with van der Waals surface area (Å²) in [6.07, 6.45) is 8.47. The van der Waals surface area contributed by atoms with Gasteiger partial charge in [0.05, 0.1) is 23.2 Å². The minimum Gasteiger partial charge on any atom is -0.486 e. The van der Waals surface area contributed by atoms with Gasteiger partial charge in [0.2, 0.25) is 0 Å². The lowest BCUT2D eigenvalue weighted by Gasteiger charge is -2.18. The van der Waals surface area contributed by atoms with Crippen molar-refractivity contribution in [2.24, 2.45) is 10.7 Å². The van der Waals surface area contributed by atoms with Gasteiger partial charge in [-0.25, -0.2) is 0 Å². The normalized spacial score (nSPS) is 13.5. The lowest BCUT2D eigenvalue weighted by Crippen LogP contribution is -2.07. The van der Waals surface area contributed by atoms with Crippen LogP contribution in [0.15, 0.2) is 53.3 Å². The molecule has 158 valence electrons. The fourth-order valence-corrected chi connectivity index (χ4v) is 3.24. The molecule has 30 heavy (non-hydrogen) atoms. The third-order valence-corrected chi connectivity index (χ3v) is 4.64. The van der Waals surface area contributed by atoms with Crippen molar-refractivity contribution in [2.75, 3.05) is 18.9 Å². The first-order valence-corrected chi connectivity index (χ1v) is 9.77. The van der Waals surface area contributed by atoms with Gasteiger partial charge < -0.3 is 26.7 Å². The summed E-state index contributed by atoms with van der Waals surface area (Å²) < 4.78 is 5.99. The number of benzene rings is 1. The number of nitrogen functional groups attached to an aromatic ring is 1. The summed E-state index contributed by atoms with van der Waals surface area (Å²) in [5.74, 6) is 0.535. The van der Waals surface area contributed by atoms with E-state index >= 15 is 0 Å². The van der Waals surface area contributed by atoms with Crippen LogP contribution in [0.25, 0.3) is 5.70 Å². The predicted molar refractivity (Wildman–Crippen MR) is 124 cm³/mol. The average molecular weight is 448 g/mol. The Morgan fingerprint density at radius 3 is 2.63 bits per heavy atom. The van der Waals surface area contributed by atoms with Gasteiger partial charge >= 0.3 is 0 Å². The highest BCUT2D eigenvalue weighted by molar-refractivity contribution is 6.35. The van der Waals surface area contributed by atoms with Crippen molar-refractivity contribution in [2.45, 2.75) is 13.0 Å². The summed E-state index contributed by atoms with van der Waals surface area (Å²) in [5, 5.41) is 17.0. The zero-order valence-corrected chi connectivity index (χ0v) is 17.9. The van der Waals surface area contributed by atoms with E-state index in [2.05, 4.69) is 9.98 Å². The number of nitrogens with zero attached hydrogens (tertiary/aromatic N) is 2. The molecule has 0 aliphatic heterocycles. The van der Waals surface area contributed by atoms with Gasteiger partial charge in [0.15, 0.2) is 0 Å². The zero-order chi connectivity index (χ0) is 22.1. The molecule has 9 heteroatoms. The van der Waals surface area contributed by atoms with Gasteiger partial charge in [0.1, 0.15) is 11.9 Å². The molecule has 1 aromatic carbocycles. The molecule has 0 saturated heterocycles. The number of pyridine rings is 1. The molecule has 0 spiro atoms. The van der Waals surface area contributed by atoms with Crippen molar-refractivity contribution >= 4 is 47.0 Å². The molecule has 1 heterocycles. The standard InChI is InChI=1S/C21H23Cl2N5O2/c1-13(21-17(22)11-28-12-18(21)23)30-15-3-5-20(26)16(8-15)19(25)4-2-14(9-24)10-27-6-7-29/h2-5,8-13,24,29H,6-7,25-26H2,1H3/t13-/m1/s1. The fraction of sp³-hybridized carbons (Fsp3) is 0.190. The Kier molecular flexibility index (Phi) is 8.86. The predicted octanol–water partition coefficient (Wildman–Crippen LogP) is 4.05. The largest absolute Gasteiger partial charge is 0.486 e. The molecule has 7 nitrogen and oxygen atoms in total. The number of ether oxygens (including phenoxy) is 1. The first kappa shape index (κ1) is 23.4. The van der Waals surface area contributed by atoms with Crippen LogP contribution in [0.2, 0.25) is 10.0 Å². The Morgan fingerprint density at radius 2 is 2.00 bits per heavy atom. The first-order chi connectivity index (χ1) is 14.4. The molecule has 0 amide bonds. The Morgan fingerprint density at radius 1 is 1.30 bits per heavy atom. The van der Waals surface area contributed by atoms with E-state index in [1.807, 2.05) is 6.92 Å². The summed E-state index contributed by atoms with van der Waals surface area (Å²) in [4.78, 5) is 7.93. The first-order valence-electron chi connectivity index (χ1n) is 9.01. The maximum atomic E-state index is 8.77. The second-order valence-corrected chi connectivity index (χ2v) is 7.03. The maximum Gasteiger partial charge on any atom is 0.124 e. The van der Waals surface area contributed by atoms with Crippen molar-refractivity contribution in [3.63, 3.8) is 0 Å². The quantitative estimate of drug-likeness (QED) is 0.261. The van der Waals surface area contributed by atoms with Gasteiger partial charge in [-0.05, 0) is 37.3 Å². The maximum absolute atomic E-state index is 8.77. The smallest absolute Gasteiger partial charge is 0.124 e. The number of anilines is 1. The Balaban J connectivity index is 2.26. The second-order valence-electron chi connectivity index (χ2n) is 6.22. The molecule has 0 aliphatic carbocycles. The molecular weight excluding hydrogens is 425 g/mol. The molecule has 2 aromatic rings. The van der Waals surface area contributed by atoms with Crippen LogP contribution in [-0.4, -0.2) is 35.7 Å². The monoisotopic (exact) mass is 447 g/mol. The van der Waals surface area contributed by atoms with Gasteiger partial charge in [-0.2, -0.15) is 0 Å². The van der Waals surface area contributed by atoms with E-state index in [0.717, 1.165) is 6.21 Å². The number of aliphatic imine (C=N–C) groups is 1. The highest BCUT2D eigenvalue weighted by Crippen LogP contribution is 2.33. The second kappa shape index (κ2) is 11.3. The molecule has 0 unspecified atom stereocenters. The molecular formula is C21H23Cl2N5O2. The minimum absolute atomic E-state index is 0.0581. The van der Waals surface area contributed by atoms with E-state index in [1.54, 1.807) is 30.4 Å². The molecule has 0 radical (unpaired) electrons. The van der Waals surface area contributed by atoms with Gasteiger partial charge in [0, 0.05) is 52.9 Å². The van der Waals surface area contributed by atoms with Crippen molar-refractivity contribution in [3.8, 4) is 5.75 Å². The topological polar surface area (TPSA) is 131 Å². The highest BCUT2D eigenvalue weighted by Gasteiger charge is 2.16. The molecule has 1 aromatic heterocycles. The Labute approximate surface area is 185 Å². The number of aromatic nitrogens is 1. The van der Waals surface area contributed by atoms with Crippen LogP contribution in [0.1, 0.15) is 24.2 Å². The summed E-state index contributed by atoms with van der Waals surface area (Å²) in [6, 6.07) is 5.14. The van der Waals surface area contributed by atoms with Crippen molar-refractivity contribution in [3.05, 3.63) is 69.5 Å². The van der Waals surface area contributed by atoms with Gasteiger partial charge in [-0.3, -0.25) is 9.98 Å². The summed E-state index contributed by atoms with van der Waals surface area (Å²) in [7, 11) is 0. The number of nitrogens with two attached hydrogens (primary N) is 2. The number of aliphatic hydroxyl groups excluding tert-OH is 1. The van der Waals surface area contributed by atoms with Crippen LogP contribution in [0.3, 0.4) is 0 Å². The molecule has 0 fully saturated rings. The number of nitrogens with one attached hydrogen (secondary N) is 1. The average Bonchev–Trinajstić information content (AvgIpc) is 2.71. The fourth-order valence-electron chi connectivity index (χ4n) is 2.56. The Hall–Kier alpha value is -2.87. The van der Waals surface area contributed by atoms with Crippen molar-refractivity contribution in [1.82, 2.24) is 4.98 Å². The van der Waals surface area contributed by atoms with Crippen LogP contribution in [0.4, 0.5) is 5.69 Å². The minimum atomic E-state index is -0.429. The van der Waals surface area contributed by atoms with E-state index in [1.165, 1.54) is 18.6 Å². The molecule has 1 atom stereocenters. The molecule has 0 aliphatic rings. The summed E-state index contributed by atoms with van der Waals surface area (Å²) in [5.41, 5.74) is 14.9. The third-order valence-electron chi connectivity index (χ3n) is 4.04. The van der Waals surface area contributed by atoms with Crippen LogP contribution in [0, 0.1) is 5.41 Å². The zero-order valence-electron chi connectivity index (χ0n) is 16.3. The summed E-state index contributed by atoms with van der Waals surface area (Å²) >= 11 is 12.4. The highest BCUT2D eigenvalue weighted by atomic mass is 35.5. The molecule has 2 rings (SSSR count). The van der Waals surface area contributed by atoms with E-state index < -0.39 is 6.10 Å². The van der Waals surface area contributed by atoms with Crippen LogP contribution in [-0.2, 0) is 0 Å². The van der Waals surface area contributed by atoms with E-state index in [9.17, 15) is 0 Å². The van der Waals surface area contributed by atoms with E-state index in [0.29, 0.717) is 43.9 Å². The number of aliphatic hydroxyl groups is 1. The van der Waals surface area contributed by atoms with Crippen LogP contribution < -0.4 is 16.2 Å². The lowest BCUT2D eigenvalue weighted by molar-refractivity contribution is 0.227. The van der Waals surface area contributed by atoms with Crippen molar-refractivity contribution in [1.29, 1.82) is 5.41 Å². The number of rotatable bonds is 9. The lowest BCUT2D eigenvalue weighted by atomic mass is 10.1. The summed E-state index contributed by atoms with van der Waals surface area (Å²) in [6.45, 7) is 2.03. The molecule has 0 saturated carbocycles. The Bertz CT molecular complexity index is 969. The number of hydrogen-bond acceptors (Lipinski definition) is 7. The SMILES string of the molecule is C[C@@H](Oc1ccc(N)c(C(N)=CC=C(C=N)C=NCCO)c1)c1c(Cl)cncc1Cl. The van der Waals surface area contributed by atoms with Gasteiger partial charge in [-0.1, -0.05) is 23.2 Å². The van der Waals surface area contributed by atoms with Crippen molar-refractivity contribution < 1.29 is 9.84 Å². The van der Waals surface area contributed by atoms with Crippen LogP contribution >= 0.6 is 23.2 Å². The molecule has 6 N–H and O–H groups in total. The van der Waals surface area contributed by atoms with E-state index in [-0.39, 0.29) is 13.2 Å².